The SMILES string of the molecule is NC(=O)c1cccc2c1c1ccc(C(F)(F)F)cc1n2Cc1cccc(F)c1. The number of carbonyl (C=O) groups excluding carboxylic acids is 1. The lowest BCUT2D eigenvalue weighted by Crippen LogP contribution is -2.11. The van der Waals surface area contributed by atoms with E-state index in [1.807, 2.05) is 0 Å². The highest BCUT2D eigenvalue weighted by Crippen LogP contribution is 2.37. The second-order valence-corrected chi connectivity index (χ2v) is 6.51. The van der Waals surface area contributed by atoms with E-state index in [1.165, 1.54) is 30.3 Å². The number of hydrogen-bond acceptors (Lipinski definition) is 1. The summed E-state index contributed by atoms with van der Waals surface area (Å²) in [5, 5.41) is 0.962. The van der Waals surface area contributed by atoms with E-state index in [9.17, 15) is 22.4 Å². The van der Waals surface area contributed by atoms with Crippen LogP contribution in [-0.4, -0.2) is 10.5 Å². The van der Waals surface area contributed by atoms with Gasteiger partial charge in [-0.3, -0.25) is 4.79 Å². The molecule has 1 aromatic heterocycles. The Morgan fingerprint density at radius 2 is 1.71 bits per heavy atom. The van der Waals surface area contributed by atoms with Crippen LogP contribution in [0.25, 0.3) is 21.8 Å². The number of primary amides is 1. The Kier molecular flexibility index (Phi) is 4.10. The third-order valence-electron chi connectivity index (χ3n) is 4.71. The molecule has 1 heterocycles. The van der Waals surface area contributed by atoms with Gasteiger partial charge in [-0.15, -0.1) is 0 Å². The van der Waals surface area contributed by atoms with E-state index in [0.29, 0.717) is 27.4 Å². The molecule has 0 aliphatic rings. The van der Waals surface area contributed by atoms with Crippen LogP contribution in [0.2, 0.25) is 0 Å². The van der Waals surface area contributed by atoms with Gasteiger partial charge in [-0.2, -0.15) is 13.2 Å². The Morgan fingerprint density at radius 1 is 0.964 bits per heavy atom. The molecule has 4 aromatic rings. The van der Waals surface area contributed by atoms with Gasteiger partial charge in [0.05, 0.1) is 16.6 Å². The molecule has 3 aromatic carbocycles. The van der Waals surface area contributed by atoms with Gasteiger partial charge in [-0.1, -0.05) is 24.3 Å². The molecule has 28 heavy (non-hydrogen) atoms. The highest BCUT2D eigenvalue weighted by atomic mass is 19.4. The summed E-state index contributed by atoms with van der Waals surface area (Å²) in [6.45, 7) is 0.140. The molecule has 7 heteroatoms. The maximum atomic E-state index is 13.6. The first-order chi connectivity index (χ1) is 13.3. The maximum Gasteiger partial charge on any atom is 0.416 e. The maximum absolute atomic E-state index is 13.6. The number of hydrogen-bond donors (Lipinski definition) is 1. The highest BCUT2D eigenvalue weighted by molar-refractivity contribution is 6.18. The predicted molar refractivity (Wildman–Crippen MR) is 98.5 cm³/mol. The van der Waals surface area contributed by atoms with Crippen LogP contribution in [0.15, 0.2) is 60.7 Å². The van der Waals surface area contributed by atoms with Crippen molar-refractivity contribution in [1.82, 2.24) is 4.57 Å². The van der Waals surface area contributed by atoms with Crippen LogP contribution in [0.1, 0.15) is 21.5 Å². The smallest absolute Gasteiger partial charge is 0.366 e. The van der Waals surface area contributed by atoms with Crippen LogP contribution < -0.4 is 5.73 Å². The van der Waals surface area contributed by atoms with E-state index < -0.39 is 23.5 Å². The summed E-state index contributed by atoms with van der Waals surface area (Å²) in [5.41, 5.74) is 6.32. The molecule has 142 valence electrons. The number of halogens is 4. The second-order valence-electron chi connectivity index (χ2n) is 6.51. The molecule has 0 saturated carbocycles. The minimum atomic E-state index is -4.51. The summed E-state index contributed by atoms with van der Waals surface area (Å²) in [7, 11) is 0. The highest BCUT2D eigenvalue weighted by Gasteiger charge is 2.31. The van der Waals surface area contributed by atoms with Crippen molar-refractivity contribution < 1.29 is 22.4 Å². The number of nitrogens with zero attached hydrogens (tertiary/aromatic N) is 1. The van der Waals surface area contributed by atoms with Crippen molar-refractivity contribution in [1.29, 1.82) is 0 Å². The van der Waals surface area contributed by atoms with Crippen LogP contribution in [0, 0.1) is 5.82 Å². The molecule has 0 aliphatic carbocycles. The molecule has 0 unspecified atom stereocenters. The van der Waals surface area contributed by atoms with Gasteiger partial charge in [0.2, 0.25) is 5.91 Å². The van der Waals surface area contributed by atoms with Gasteiger partial charge in [0, 0.05) is 22.9 Å². The molecule has 0 atom stereocenters. The van der Waals surface area contributed by atoms with Crippen molar-refractivity contribution in [3.05, 3.63) is 83.2 Å². The van der Waals surface area contributed by atoms with Gasteiger partial charge in [0.25, 0.3) is 0 Å². The van der Waals surface area contributed by atoms with Crippen molar-refractivity contribution in [2.45, 2.75) is 12.7 Å². The first-order valence-corrected chi connectivity index (χ1v) is 8.42. The molecule has 0 radical (unpaired) electrons. The fourth-order valence-electron chi connectivity index (χ4n) is 3.51. The molecule has 3 nitrogen and oxygen atoms in total. The van der Waals surface area contributed by atoms with Crippen molar-refractivity contribution in [3.8, 4) is 0 Å². The third-order valence-corrected chi connectivity index (χ3v) is 4.71. The average Bonchev–Trinajstić information content (AvgIpc) is 2.94. The summed E-state index contributed by atoms with van der Waals surface area (Å²) in [6.07, 6.45) is -4.51. The minimum absolute atomic E-state index is 0.140. The van der Waals surface area contributed by atoms with E-state index in [-0.39, 0.29) is 12.1 Å². The lowest BCUT2D eigenvalue weighted by atomic mass is 10.0. The Labute approximate surface area is 157 Å². The van der Waals surface area contributed by atoms with Crippen molar-refractivity contribution in [3.63, 3.8) is 0 Å². The van der Waals surface area contributed by atoms with E-state index in [2.05, 4.69) is 0 Å². The first-order valence-electron chi connectivity index (χ1n) is 8.42. The number of carbonyl (C=O) groups is 1. The van der Waals surface area contributed by atoms with Gasteiger partial charge in [-0.25, -0.2) is 4.39 Å². The standard InChI is InChI=1S/C21H14F4N2O/c22-14-4-1-3-12(9-14)11-27-17-6-2-5-16(20(26)28)19(17)15-8-7-13(10-18(15)27)21(23,24)25/h1-10H,11H2,(H2,26,28). The van der Waals surface area contributed by atoms with Gasteiger partial charge < -0.3 is 10.3 Å². The molecule has 0 aliphatic heterocycles. The Hall–Kier alpha value is -3.35. The van der Waals surface area contributed by atoms with Gasteiger partial charge in [-0.05, 0) is 42.0 Å². The Morgan fingerprint density at radius 3 is 2.39 bits per heavy atom. The molecular weight excluding hydrogens is 372 g/mol. The Bertz CT molecular complexity index is 1220. The van der Waals surface area contributed by atoms with E-state index in [1.54, 1.807) is 22.8 Å². The number of amides is 1. The monoisotopic (exact) mass is 386 g/mol. The average molecular weight is 386 g/mol. The lowest BCUT2D eigenvalue weighted by molar-refractivity contribution is -0.137. The van der Waals surface area contributed by atoms with Crippen LogP contribution >= 0.6 is 0 Å². The molecule has 0 bridgehead atoms. The number of benzene rings is 3. The van der Waals surface area contributed by atoms with Crippen molar-refractivity contribution >= 4 is 27.7 Å². The predicted octanol–water partition coefficient (Wildman–Crippen LogP) is 5.10. The number of fused-ring (bicyclic) bond motifs is 3. The number of nitrogens with two attached hydrogens (primary N) is 1. The van der Waals surface area contributed by atoms with E-state index in [4.69, 9.17) is 5.73 Å². The zero-order chi connectivity index (χ0) is 20.1. The number of aromatic nitrogens is 1. The summed E-state index contributed by atoms with van der Waals surface area (Å²) in [6, 6.07) is 14.1. The van der Waals surface area contributed by atoms with Crippen LogP contribution in [0.5, 0.6) is 0 Å². The number of alkyl halides is 3. The van der Waals surface area contributed by atoms with Crippen LogP contribution in [0.4, 0.5) is 17.6 Å². The summed E-state index contributed by atoms with van der Waals surface area (Å²) < 4.78 is 55.0. The zero-order valence-electron chi connectivity index (χ0n) is 14.4. The van der Waals surface area contributed by atoms with E-state index in [0.717, 1.165) is 12.1 Å². The normalized spacial score (nSPS) is 12.0. The molecule has 0 saturated heterocycles. The lowest BCUT2D eigenvalue weighted by Gasteiger charge is -2.10. The Balaban J connectivity index is 2.06. The molecule has 2 N–H and O–H groups in total. The quantitative estimate of drug-likeness (QED) is 0.490. The zero-order valence-corrected chi connectivity index (χ0v) is 14.4. The largest absolute Gasteiger partial charge is 0.416 e. The van der Waals surface area contributed by atoms with Crippen molar-refractivity contribution in [2.75, 3.05) is 0 Å². The van der Waals surface area contributed by atoms with Gasteiger partial charge in [0.1, 0.15) is 5.82 Å². The fourth-order valence-corrected chi connectivity index (χ4v) is 3.51. The molecule has 4 rings (SSSR count). The molecule has 0 fully saturated rings. The van der Waals surface area contributed by atoms with Crippen LogP contribution in [-0.2, 0) is 12.7 Å². The topological polar surface area (TPSA) is 48.0 Å². The van der Waals surface area contributed by atoms with Crippen LogP contribution in [0.3, 0.4) is 0 Å². The molecular formula is C21H14F4N2O. The first kappa shape index (κ1) is 18.0. The number of rotatable bonds is 3. The van der Waals surface area contributed by atoms with E-state index >= 15 is 0 Å². The third kappa shape index (κ3) is 2.98. The summed E-state index contributed by atoms with van der Waals surface area (Å²) in [4.78, 5) is 11.9. The fraction of sp³-hybridized carbons (Fsp3) is 0.0952. The minimum Gasteiger partial charge on any atom is -0.366 e. The van der Waals surface area contributed by atoms with Crippen molar-refractivity contribution in [2.24, 2.45) is 5.73 Å². The van der Waals surface area contributed by atoms with Gasteiger partial charge >= 0.3 is 6.18 Å². The molecule has 1 amide bonds. The second kappa shape index (κ2) is 6.37. The molecule has 0 spiro atoms. The summed E-state index contributed by atoms with van der Waals surface area (Å²) >= 11 is 0. The van der Waals surface area contributed by atoms with Gasteiger partial charge in [0.15, 0.2) is 0 Å². The summed E-state index contributed by atoms with van der Waals surface area (Å²) in [5.74, 6) is -1.11.